The molecule has 0 aliphatic carbocycles. The second-order valence-corrected chi connectivity index (χ2v) is 5.39. The van der Waals surface area contributed by atoms with E-state index in [0.717, 1.165) is 26.1 Å². The van der Waals surface area contributed by atoms with Crippen LogP contribution in [0.3, 0.4) is 0 Å². The van der Waals surface area contributed by atoms with Crippen LogP contribution in [-0.4, -0.2) is 66.2 Å². The molecule has 1 aliphatic rings. The predicted molar refractivity (Wildman–Crippen MR) is 77.8 cm³/mol. The van der Waals surface area contributed by atoms with Crippen molar-refractivity contribution in [1.82, 2.24) is 15.1 Å². The number of carboxylic acid groups (broad SMARTS) is 1. The van der Waals surface area contributed by atoms with Crippen LogP contribution in [-0.2, 0) is 4.79 Å². The number of aliphatic carboxylic acids is 1. The number of urea groups is 1. The van der Waals surface area contributed by atoms with Gasteiger partial charge in [-0.3, -0.25) is 9.69 Å². The van der Waals surface area contributed by atoms with Gasteiger partial charge in [0.05, 0.1) is 0 Å². The number of rotatable bonds is 8. The lowest BCUT2D eigenvalue weighted by Crippen LogP contribution is -2.45. The summed E-state index contributed by atoms with van der Waals surface area (Å²) in [6.45, 7) is 5.62. The molecule has 0 saturated carbocycles. The van der Waals surface area contributed by atoms with Gasteiger partial charge in [-0.25, -0.2) is 4.79 Å². The van der Waals surface area contributed by atoms with Crippen molar-refractivity contribution in [2.24, 2.45) is 0 Å². The van der Waals surface area contributed by atoms with Gasteiger partial charge in [0.1, 0.15) is 0 Å². The fraction of sp³-hybridized carbons (Fsp3) is 0.857. The third kappa shape index (κ3) is 5.77. The molecule has 1 heterocycles. The summed E-state index contributed by atoms with van der Waals surface area (Å²) in [6.07, 6.45) is 3.84. The van der Waals surface area contributed by atoms with Crippen LogP contribution in [0, 0.1) is 0 Å². The number of likely N-dealkylation sites (N-methyl/N-ethyl adjacent to an activating group) is 2. The van der Waals surface area contributed by atoms with Crippen LogP contribution in [0.4, 0.5) is 4.79 Å². The van der Waals surface area contributed by atoms with Crippen LogP contribution in [0.1, 0.15) is 39.0 Å². The van der Waals surface area contributed by atoms with Gasteiger partial charge in [0.2, 0.25) is 0 Å². The van der Waals surface area contributed by atoms with Crippen LogP contribution in [0.15, 0.2) is 0 Å². The van der Waals surface area contributed by atoms with Gasteiger partial charge in [0, 0.05) is 32.6 Å². The summed E-state index contributed by atoms with van der Waals surface area (Å²) < 4.78 is 0. The molecule has 0 aromatic heterocycles. The standard InChI is InChI=1S/C14H27N3O3/c1-3-17-10-6-7-12(17)11-16(2)14(20)15-9-5-4-8-13(18)19/h12H,3-11H2,1-2H3,(H,15,20)(H,18,19). The predicted octanol–water partition coefficient (Wildman–Crippen LogP) is 1.37. The number of hydrogen-bond donors (Lipinski definition) is 2. The molecule has 2 N–H and O–H groups in total. The molecule has 0 aromatic carbocycles. The maximum Gasteiger partial charge on any atom is 0.317 e. The van der Waals surface area contributed by atoms with Crippen LogP contribution < -0.4 is 5.32 Å². The monoisotopic (exact) mass is 285 g/mol. The summed E-state index contributed by atoms with van der Waals surface area (Å²) in [5.74, 6) is -0.783. The van der Waals surface area contributed by atoms with Gasteiger partial charge in [-0.15, -0.1) is 0 Å². The van der Waals surface area contributed by atoms with Gasteiger partial charge in [-0.05, 0) is 38.8 Å². The van der Waals surface area contributed by atoms with Crippen LogP contribution in [0.25, 0.3) is 0 Å². The van der Waals surface area contributed by atoms with Crippen molar-refractivity contribution >= 4 is 12.0 Å². The molecule has 6 heteroatoms. The minimum absolute atomic E-state index is 0.0664. The number of nitrogens with zero attached hydrogens (tertiary/aromatic N) is 2. The van der Waals surface area contributed by atoms with E-state index in [-0.39, 0.29) is 12.5 Å². The average Bonchev–Trinajstić information content (AvgIpc) is 2.84. The number of likely N-dealkylation sites (tertiary alicyclic amines) is 1. The minimum atomic E-state index is -0.783. The molecule has 6 nitrogen and oxygen atoms in total. The molecule has 0 bridgehead atoms. The highest BCUT2D eigenvalue weighted by molar-refractivity contribution is 5.73. The van der Waals surface area contributed by atoms with E-state index in [4.69, 9.17) is 5.11 Å². The molecule has 0 aromatic rings. The zero-order chi connectivity index (χ0) is 15.0. The van der Waals surface area contributed by atoms with Crippen LogP contribution in [0.5, 0.6) is 0 Å². The SMILES string of the molecule is CCN1CCCC1CN(C)C(=O)NCCCCC(=O)O. The van der Waals surface area contributed by atoms with Crippen molar-refractivity contribution in [2.45, 2.75) is 45.1 Å². The van der Waals surface area contributed by atoms with E-state index in [1.807, 2.05) is 7.05 Å². The first kappa shape index (κ1) is 16.8. The Morgan fingerprint density at radius 1 is 1.40 bits per heavy atom. The topological polar surface area (TPSA) is 72.9 Å². The first-order valence-corrected chi connectivity index (χ1v) is 7.49. The molecule has 1 saturated heterocycles. The number of carbonyl (C=O) groups is 2. The lowest BCUT2D eigenvalue weighted by molar-refractivity contribution is -0.137. The number of carbonyl (C=O) groups excluding carboxylic acids is 1. The van der Waals surface area contributed by atoms with Gasteiger partial charge in [0.15, 0.2) is 0 Å². The van der Waals surface area contributed by atoms with Gasteiger partial charge in [0.25, 0.3) is 0 Å². The molecule has 0 radical (unpaired) electrons. The summed E-state index contributed by atoms with van der Waals surface area (Å²) in [4.78, 5) is 26.4. The zero-order valence-electron chi connectivity index (χ0n) is 12.6. The maximum atomic E-state index is 11.9. The first-order chi connectivity index (χ1) is 9.54. The first-order valence-electron chi connectivity index (χ1n) is 7.49. The maximum absolute atomic E-state index is 11.9. The molecular formula is C14H27N3O3. The lowest BCUT2D eigenvalue weighted by Gasteiger charge is -2.27. The molecule has 0 spiro atoms. The molecular weight excluding hydrogens is 258 g/mol. The summed E-state index contributed by atoms with van der Waals surface area (Å²) in [7, 11) is 1.82. The Morgan fingerprint density at radius 2 is 2.15 bits per heavy atom. The van der Waals surface area contributed by atoms with Crippen LogP contribution >= 0.6 is 0 Å². The van der Waals surface area contributed by atoms with Gasteiger partial charge in [-0.2, -0.15) is 0 Å². The van der Waals surface area contributed by atoms with Crippen molar-refractivity contribution in [2.75, 3.05) is 33.2 Å². The Morgan fingerprint density at radius 3 is 2.80 bits per heavy atom. The van der Waals surface area contributed by atoms with E-state index in [1.165, 1.54) is 6.42 Å². The number of unbranched alkanes of at least 4 members (excludes halogenated alkanes) is 1. The Hall–Kier alpha value is -1.30. The van der Waals surface area contributed by atoms with Crippen LogP contribution in [0.2, 0.25) is 0 Å². The Bertz CT molecular complexity index is 323. The van der Waals surface area contributed by atoms with Crippen molar-refractivity contribution in [3.05, 3.63) is 0 Å². The highest BCUT2D eigenvalue weighted by atomic mass is 16.4. The Balaban J connectivity index is 2.17. The molecule has 1 unspecified atom stereocenters. The van der Waals surface area contributed by atoms with Crippen molar-refractivity contribution in [1.29, 1.82) is 0 Å². The number of amides is 2. The minimum Gasteiger partial charge on any atom is -0.481 e. The highest BCUT2D eigenvalue weighted by Crippen LogP contribution is 2.17. The summed E-state index contributed by atoms with van der Waals surface area (Å²) >= 11 is 0. The highest BCUT2D eigenvalue weighted by Gasteiger charge is 2.25. The number of nitrogens with one attached hydrogen (secondary N) is 1. The van der Waals surface area contributed by atoms with E-state index in [9.17, 15) is 9.59 Å². The fourth-order valence-corrected chi connectivity index (χ4v) is 2.65. The van der Waals surface area contributed by atoms with E-state index >= 15 is 0 Å². The fourth-order valence-electron chi connectivity index (χ4n) is 2.65. The van der Waals surface area contributed by atoms with Gasteiger partial charge in [-0.1, -0.05) is 6.92 Å². The van der Waals surface area contributed by atoms with E-state index in [0.29, 0.717) is 25.4 Å². The smallest absolute Gasteiger partial charge is 0.317 e. The lowest BCUT2D eigenvalue weighted by atomic mass is 10.2. The van der Waals surface area contributed by atoms with E-state index in [2.05, 4.69) is 17.1 Å². The second kappa shape index (κ2) is 8.79. The van der Waals surface area contributed by atoms with Gasteiger partial charge < -0.3 is 15.3 Å². The van der Waals surface area contributed by atoms with Gasteiger partial charge >= 0.3 is 12.0 Å². The summed E-state index contributed by atoms with van der Waals surface area (Å²) in [6, 6.07) is 0.408. The average molecular weight is 285 g/mol. The molecule has 1 atom stereocenters. The van der Waals surface area contributed by atoms with Crippen molar-refractivity contribution < 1.29 is 14.7 Å². The molecule has 20 heavy (non-hydrogen) atoms. The third-order valence-corrected chi connectivity index (χ3v) is 3.83. The second-order valence-electron chi connectivity index (χ2n) is 5.39. The Kier molecular flexibility index (Phi) is 7.36. The van der Waals surface area contributed by atoms with E-state index < -0.39 is 5.97 Å². The quantitative estimate of drug-likeness (QED) is 0.661. The van der Waals surface area contributed by atoms with Crippen molar-refractivity contribution in [3.8, 4) is 0 Å². The molecule has 116 valence electrons. The normalized spacial score (nSPS) is 19.0. The summed E-state index contributed by atoms with van der Waals surface area (Å²) in [5.41, 5.74) is 0. The zero-order valence-corrected chi connectivity index (χ0v) is 12.6. The molecule has 1 aliphatic heterocycles. The van der Waals surface area contributed by atoms with Crippen molar-refractivity contribution in [3.63, 3.8) is 0 Å². The largest absolute Gasteiger partial charge is 0.481 e. The molecule has 1 fully saturated rings. The number of carboxylic acids is 1. The molecule has 2 amide bonds. The third-order valence-electron chi connectivity index (χ3n) is 3.83. The summed E-state index contributed by atoms with van der Waals surface area (Å²) in [5, 5.41) is 11.4. The Labute approximate surface area is 121 Å². The number of hydrogen-bond acceptors (Lipinski definition) is 3. The molecule has 1 rings (SSSR count). The van der Waals surface area contributed by atoms with E-state index in [1.54, 1.807) is 4.90 Å².